The van der Waals surface area contributed by atoms with Crippen molar-refractivity contribution in [2.24, 2.45) is 0 Å². The van der Waals surface area contributed by atoms with Gasteiger partial charge in [0.05, 0.1) is 18.9 Å². The average molecular weight is 410 g/mol. The van der Waals surface area contributed by atoms with Crippen LogP contribution in [0.3, 0.4) is 0 Å². The third-order valence-electron chi connectivity index (χ3n) is 4.31. The van der Waals surface area contributed by atoms with E-state index in [4.69, 9.17) is 10.00 Å². The molecule has 0 N–H and O–H groups in total. The predicted octanol–water partition coefficient (Wildman–Crippen LogP) is 4.60. The van der Waals surface area contributed by atoms with E-state index in [1.54, 1.807) is 18.3 Å². The van der Waals surface area contributed by atoms with Gasteiger partial charge in [-0.25, -0.2) is 4.39 Å². The number of fused-ring (bicyclic) bond motifs is 1. The SMILES string of the molecule is N#CCCn1cc(C(=O)COC(=O)CCSc2ccc(F)cc2)c2ccccc21. The van der Waals surface area contributed by atoms with Crippen LogP contribution in [0.5, 0.6) is 0 Å². The van der Waals surface area contributed by atoms with Gasteiger partial charge in [-0.05, 0) is 30.3 Å². The Bertz CT molecular complexity index is 1050. The third kappa shape index (κ3) is 5.46. The molecule has 0 unspecified atom stereocenters. The summed E-state index contributed by atoms with van der Waals surface area (Å²) in [5.41, 5.74) is 1.35. The maximum Gasteiger partial charge on any atom is 0.307 e. The van der Waals surface area contributed by atoms with Crippen LogP contribution in [-0.4, -0.2) is 28.7 Å². The summed E-state index contributed by atoms with van der Waals surface area (Å²) in [6, 6.07) is 15.6. The summed E-state index contributed by atoms with van der Waals surface area (Å²) < 4.78 is 19.9. The second-order valence-corrected chi connectivity index (χ2v) is 7.47. The van der Waals surface area contributed by atoms with Gasteiger partial charge in [0, 0.05) is 39.9 Å². The van der Waals surface area contributed by atoms with Crippen LogP contribution in [-0.2, 0) is 16.1 Å². The molecule has 0 fully saturated rings. The fraction of sp³-hybridized carbons (Fsp3) is 0.227. The Morgan fingerprint density at radius 3 is 2.66 bits per heavy atom. The lowest BCUT2D eigenvalue weighted by Crippen LogP contribution is -2.14. The molecule has 5 nitrogen and oxygen atoms in total. The molecule has 3 rings (SSSR count). The summed E-state index contributed by atoms with van der Waals surface area (Å²) in [6.07, 6.45) is 2.20. The zero-order valence-electron chi connectivity index (χ0n) is 15.6. The van der Waals surface area contributed by atoms with E-state index in [1.807, 2.05) is 28.8 Å². The predicted molar refractivity (Wildman–Crippen MR) is 109 cm³/mol. The number of halogens is 1. The molecule has 148 valence electrons. The number of para-hydroxylation sites is 1. The first-order chi connectivity index (χ1) is 14.1. The number of aryl methyl sites for hydroxylation is 1. The molecule has 0 spiro atoms. The first-order valence-corrected chi connectivity index (χ1v) is 10.1. The van der Waals surface area contributed by atoms with Crippen molar-refractivity contribution in [1.29, 1.82) is 5.26 Å². The number of hydrogen-bond acceptors (Lipinski definition) is 5. The van der Waals surface area contributed by atoms with Crippen molar-refractivity contribution in [3.05, 3.63) is 66.1 Å². The Balaban J connectivity index is 1.54. The van der Waals surface area contributed by atoms with E-state index in [-0.39, 0.29) is 24.6 Å². The number of hydrogen-bond donors (Lipinski definition) is 0. The second kappa shape index (κ2) is 9.89. The lowest BCUT2D eigenvalue weighted by atomic mass is 10.1. The van der Waals surface area contributed by atoms with Gasteiger partial charge in [0.2, 0.25) is 5.78 Å². The Labute approximate surface area is 172 Å². The van der Waals surface area contributed by atoms with Gasteiger partial charge in [-0.3, -0.25) is 9.59 Å². The lowest BCUT2D eigenvalue weighted by Gasteiger charge is -2.04. The fourth-order valence-electron chi connectivity index (χ4n) is 2.90. The number of benzene rings is 2. The van der Waals surface area contributed by atoms with E-state index >= 15 is 0 Å². The van der Waals surface area contributed by atoms with Gasteiger partial charge < -0.3 is 9.30 Å². The Kier molecular flexibility index (Phi) is 7.04. The largest absolute Gasteiger partial charge is 0.457 e. The van der Waals surface area contributed by atoms with Gasteiger partial charge in [0.15, 0.2) is 6.61 Å². The summed E-state index contributed by atoms with van der Waals surface area (Å²) in [5.74, 6) is -0.564. The Morgan fingerprint density at radius 1 is 1.14 bits per heavy atom. The van der Waals surface area contributed by atoms with Crippen molar-refractivity contribution in [3.63, 3.8) is 0 Å². The molecule has 0 aliphatic carbocycles. The number of rotatable bonds is 9. The zero-order valence-corrected chi connectivity index (χ0v) is 16.5. The van der Waals surface area contributed by atoms with Crippen LogP contribution in [0.15, 0.2) is 59.6 Å². The highest BCUT2D eigenvalue weighted by atomic mass is 32.2. The van der Waals surface area contributed by atoms with Gasteiger partial charge in [-0.1, -0.05) is 18.2 Å². The van der Waals surface area contributed by atoms with E-state index in [0.29, 0.717) is 24.3 Å². The zero-order chi connectivity index (χ0) is 20.6. The smallest absolute Gasteiger partial charge is 0.307 e. The minimum Gasteiger partial charge on any atom is -0.457 e. The number of ketones is 1. The fourth-order valence-corrected chi connectivity index (χ4v) is 3.74. The maximum atomic E-state index is 12.9. The normalized spacial score (nSPS) is 10.6. The molecule has 1 heterocycles. The van der Waals surface area contributed by atoms with Gasteiger partial charge in [0.25, 0.3) is 0 Å². The van der Waals surface area contributed by atoms with Crippen molar-refractivity contribution in [3.8, 4) is 6.07 Å². The number of carbonyl (C=O) groups is 2. The summed E-state index contributed by atoms with van der Waals surface area (Å²) >= 11 is 1.42. The van der Waals surface area contributed by atoms with Crippen molar-refractivity contribution < 1.29 is 18.7 Å². The second-order valence-electron chi connectivity index (χ2n) is 6.30. The van der Waals surface area contributed by atoms with Crippen molar-refractivity contribution >= 4 is 34.4 Å². The standard InChI is InChI=1S/C22H19FN2O3S/c23-16-6-8-17(9-7-16)29-13-10-22(27)28-15-21(26)19-14-25(12-3-11-24)20-5-2-1-4-18(19)20/h1-2,4-9,14H,3,10,12-13,15H2. The van der Waals surface area contributed by atoms with Crippen LogP contribution in [0, 0.1) is 17.1 Å². The number of Topliss-reactive ketones (excluding diaryl/α,β-unsaturated/α-hetero) is 1. The number of nitrogens with zero attached hydrogens (tertiary/aromatic N) is 2. The monoisotopic (exact) mass is 410 g/mol. The molecule has 7 heteroatoms. The van der Waals surface area contributed by atoms with E-state index < -0.39 is 5.97 Å². The average Bonchev–Trinajstić information content (AvgIpc) is 3.11. The molecular formula is C22H19FN2O3S. The molecule has 0 aliphatic heterocycles. The van der Waals surface area contributed by atoms with Crippen LogP contribution >= 0.6 is 11.8 Å². The van der Waals surface area contributed by atoms with Crippen LogP contribution in [0.4, 0.5) is 4.39 Å². The first kappa shape index (κ1) is 20.6. The number of aromatic nitrogens is 1. The minimum atomic E-state index is -0.457. The maximum absolute atomic E-state index is 12.9. The molecule has 29 heavy (non-hydrogen) atoms. The number of ether oxygens (including phenoxy) is 1. The first-order valence-electron chi connectivity index (χ1n) is 9.10. The Morgan fingerprint density at radius 2 is 1.90 bits per heavy atom. The molecular weight excluding hydrogens is 391 g/mol. The summed E-state index contributed by atoms with van der Waals surface area (Å²) in [7, 11) is 0. The minimum absolute atomic E-state index is 0.152. The van der Waals surface area contributed by atoms with Crippen molar-refractivity contribution in [2.75, 3.05) is 12.4 Å². The Hall–Kier alpha value is -3.11. The molecule has 3 aromatic rings. The number of esters is 1. The van der Waals surface area contributed by atoms with Gasteiger partial charge >= 0.3 is 5.97 Å². The molecule has 1 aromatic heterocycles. The summed E-state index contributed by atoms with van der Waals surface area (Å²) in [6.45, 7) is 0.164. The number of thioether (sulfide) groups is 1. The molecule has 0 radical (unpaired) electrons. The van der Waals surface area contributed by atoms with E-state index in [1.165, 1.54) is 23.9 Å². The molecule has 0 amide bonds. The topological polar surface area (TPSA) is 72.1 Å². The molecule has 0 saturated heterocycles. The van der Waals surface area contributed by atoms with E-state index in [2.05, 4.69) is 6.07 Å². The quantitative estimate of drug-likeness (QED) is 0.293. The van der Waals surface area contributed by atoms with Crippen LogP contribution in [0.25, 0.3) is 10.9 Å². The number of nitriles is 1. The molecule has 2 aromatic carbocycles. The molecule has 0 aliphatic rings. The van der Waals surface area contributed by atoms with E-state index in [9.17, 15) is 14.0 Å². The summed E-state index contributed by atoms with van der Waals surface area (Å²) in [4.78, 5) is 25.4. The van der Waals surface area contributed by atoms with Gasteiger partial charge in [-0.2, -0.15) is 5.26 Å². The molecule has 0 saturated carbocycles. The number of carbonyl (C=O) groups excluding carboxylic acids is 2. The van der Waals surface area contributed by atoms with Crippen LogP contribution < -0.4 is 0 Å². The van der Waals surface area contributed by atoms with Gasteiger partial charge in [-0.15, -0.1) is 11.8 Å². The summed E-state index contributed by atoms with van der Waals surface area (Å²) in [5, 5.41) is 9.59. The lowest BCUT2D eigenvalue weighted by molar-refractivity contribution is -0.141. The van der Waals surface area contributed by atoms with Crippen molar-refractivity contribution in [2.45, 2.75) is 24.3 Å². The molecule has 0 bridgehead atoms. The van der Waals surface area contributed by atoms with E-state index in [0.717, 1.165) is 15.8 Å². The van der Waals surface area contributed by atoms with Crippen molar-refractivity contribution in [1.82, 2.24) is 4.57 Å². The van der Waals surface area contributed by atoms with Crippen LogP contribution in [0.2, 0.25) is 0 Å². The highest BCUT2D eigenvalue weighted by molar-refractivity contribution is 7.99. The highest BCUT2D eigenvalue weighted by Gasteiger charge is 2.16. The molecule has 0 atom stereocenters. The van der Waals surface area contributed by atoms with Gasteiger partial charge in [0.1, 0.15) is 5.82 Å². The third-order valence-corrected chi connectivity index (χ3v) is 5.32. The highest BCUT2D eigenvalue weighted by Crippen LogP contribution is 2.23. The van der Waals surface area contributed by atoms with Crippen LogP contribution in [0.1, 0.15) is 23.2 Å².